The summed E-state index contributed by atoms with van der Waals surface area (Å²) in [6, 6.07) is 0. The molecule has 0 spiro atoms. The molecule has 2 aromatic rings. The van der Waals surface area contributed by atoms with Crippen LogP contribution in [0.4, 0.5) is 158 Å². The minimum Gasteiger partial charge on any atom is -0.762 e. The van der Waals surface area contributed by atoms with Crippen LogP contribution in [0.2, 0.25) is 0 Å². The molecule has 77 heavy (non-hydrogen) atoms. The first-order valence-corrected chi connectivity index (χ1v) is 20.4. The molecule has 0 unspecified atom stereocenters. The van der Waals surface area contributed by atoms with Crippen LogP contribution >= 0.6 is 24.4 Å². The number of hydrogen-bond donors (Lipinski definition) is 0. The SMILES string of the molecule is FC(F)(F)C(F)(F)C(F)(F)C(F)(F)CCn1c([S-])c([S-])n(CCC(F)(F)C(F)(F)C(F)(F)C(F)(F)F)c1=S.FC(F)(F)C(F)(F)C(F)(F)C(F)(F)CCn1c([S-])c([S-])n(CCC(F)(F)C(F)(F)C(F)(F)C(F)(F)F)c1=S.[Ni]. The zero-order valence-corrected chi connectivity index (χ0v) is 40.7. The van der Waals surface area contributed by atoms with Crippen molar-refractivity contribution in [3.05, 3.63) is 9.54 Å². The van der Waals surface area contributed by atoms with E-state index >= 15 is 0 Å². The third-order valence-corrected chi connectivity index (χ3v) is 12.5. The van der Waals surface area contributed by atoms with Gasteiger partial charge in [0.2, 0.25) is 0 Å². The Labute approximate surface area is 443 Å². The molecule has 0 saturated heterocycles. The second-order valence-corrected chi connectivity index (χ2v) is 17.1. The number of halogens is 36. The first kappa shape index (κ1) is 74.7. The molecule has 0 N–H and O–H groups in total. The minimum atomic E-state index is -7.24. The first-order chi connectivity index (χ1) is 32.8. The van der Waals surface area contributed by atoms with Crippen molar-refractivity contribution < 1.29 is 175 Å². The molecule has 2 rings (SSSR count). The molecule has 0 aliphatic rings. The van der Waals surface area contributed by atoms with Gasteiger partial charge in [-0.25, -0.2) is 0 Å². The van der Waals surface area contributed by atoms with Crippen LogP contribution in [0.3, 0.4) is 0 Å². The molecule has 4 nitrogen and oxygen atoms in total. The van der Waals surface area contributed by atoms with Crippen molar-refractivity contribution in [1.82, 2.24) is 18.3 Å². The maximum Gasteiger partial charge on any atom is 0.460 e. The Morgan fingerprint density at radius 3 is 0.468 bits per heavy atom. The summed E-state index contributed by atoms with van der Waals surface area (Å²) in [5, 5.41) is -4.10. The molecule has 47 heteroatoms. The van der Waals surface area contributed by atoms with Crippen LogP contribution in [0.5, 0.6) is 0 Å². The van der Waals surface area contributed by atoms with Gasteiger partial charge in [0.1, 0.15) is 0 Å². The molecule has 0 fully saturated rings. The van der Waals surface area contributed by atoms with Gasteiger partial charge in [0, 0.05) is 68.4 Å². The topological polar surface area (TPSA) is 19.7 Å². The van der Waals surface area contributed by atoms with Gasteiger partial charge >= 0.3 is 95.8 Å². The van der Waals surface area contributed by atoms with E-state index < -0.39 is 177 Å². The summed E-state index contributed by atoms with van der Waals surface area (Å²) in [6.07, 6.45) is -38.8. The first-order valence-electron chi connectivity index (χ1n) is 18.0. The molecule has 458 valence electrons. The van der Waals surface area contributed by atoms with Gasteiger partial charge in [-0.3, -0.25) is 0 Å². The number of aromatic nitrogens is 4. The van der Waals surface area contributed by atoms with Gasteiger partial charge in [0.25, 0.3) is 0 Å². The number of imidazole rings is 2. The van der Waals surface area contributed by atoms with Gasteiger partial charge in [0.05, 0.1) is 0 Å². The number of nitrogens with zero attached hydrogens (tertiary/aromatic N) is 4. The predicted molar refractivity (Wildman–Crippen MR) is 191 cm³/mol. The van der Waals surface area contributed by atoms with Crippen molar-refractivity contribution in [1.29, 1.82) is 0 Å². The summed E-state index contributed by atoms with van der Waals surface area (Å²) in [4.78, 5) is 0. The second kappa shape index (κ2) is 22.5. The van der Waals surface area contributed by atoms with E-state index in [9.17, 15) is 158 Å². The van der Waals surface area contributed by atoms with Gasteiger partial charge in [-0.05, 0) is 24.4 Å². The van der Waals surface area contributed by atoms with E-state index in [1.54, 1.807) is 0 Å². The zero-order chi connectivity index (χ0) is 61.4. The summed E-state index contributed by atoms with van der Waals surface area (Å²) in [6.45, 7) is -6.93. The molecular weight excluding hydrogens is 1350 g/mol. The van der Waals surface area contributed by atoms with Crippen LogP contribution < -0.4 is 0 Å². The van der Waals surface area contributed by atoms with Gasteiger partial charge in [-0.2, -0.15) is 158 Å². The van der Waals surface area contributed by atoms with Crippen molar-refractivity contribution in [3.63, 3.8) is 0 Å². The Bertz CT molecular complexity index is 2140. The fourth-order valence-corrected chi connectivity index (χ4v) is 7.27. The normalized spacial score (nSPS) is 15.1. The smallest absolute Gasteiger partial charge is 0.460 e. The molecule has 2 aromatic heterocycles. The number of alkyl halides is 36. The summed E-state index contributed by atoms with van der Waals surface area (Å²) < 4.78 is 464. The summed E-state index contributed by atoms with van der Waals surface area (Å²) in [7, 11) is 0. The Hall–Kier alpha value is -2.29. The summed E-state index contributed by atoms with van der Waals surface area (Å²) in [5.41, 5.74) is 0. The average molecular weight is 1370 g/mol. The molecule has 0 atom stereocenters. The molecule has 0 aliphatic heterocycles. The second-order valence-electron chi connectivity index (χ2n) is 14.8. The molecule has 2 heterocycles. The number of hydrogen-bond acceptors (Lipinski definition) is 6. The van der Waals surface area contributed by atoms with Crippen LogP contribution in [-0.4, -0.2) is 114 Å². The molecule has 0 bridgehead atoms. The Morgan fingerprint density at radius 2 is 0.364 bits per heavy atom. The van der Waals surface area contributed by atoms with Gasteiger partial charge in [-0.1, -0.05) is 0 Å². The third-order valence-electron chi connectivity index (χ3n) is 9.71. The van der Waals surface area contributed by atoms with Crippen LogP contribution in [0.1, 0.15) is 25.7 Å². The van der Waals surface area contributed by atoms with Crippen molar-refractivity contribution in [2.75, 3.05) is 0 Å². The summed E-state index contributed by atoms with van der Waals surface area (Å²) in [5.74, 6) is -81.7. The van der Waals surface area contributed by atoms with Crippen LogP contribution in [0.15, 0.2) is 20.1 Å². The Morgan fingerprint density at radius 1 is 0.247 bits per heavy atom. The number of rotatable bonds is 20. The molecule has 0 saturated carbocycles. The van der Waals surface area contributed by atoms with E-state index in [0.29, 0.717) is 0 Å². The molecule has 0 radical (unpaired) electrons. The van der Waals surface area contributed by atoms with E-state index in [4.69, 9.17) is 0 Å². The van der Waals surface area contributed by atoms with Crippen molar-refractivity contribution >= 4 is 75.0 Å². The average Bonchev–Trinajstić information content (AvgIpc) is 3.54. The monoisotopic (exact) mass is 1370 g/mol. The summed E-state index contributed by atoms with van der Waals surface area (Å²) >= 11 is 27.0. The molecule has 0 amide bonds. The fraction of sp³-hybridized carbons (Fsp3) is 0.800. The Balaban J connectivity index is 0.00000148. The van der Waals surface area contributed by atoms with Crippen LogP contribution in [-0.2, 0) is 93.2 Å². The van der Waals surface area contributed by atoms with Crippen LogP contribution in [0, 0.1) is 9.54 Å². The minimum absolute atomic E-state index is 0. The van der Waals surface area contributed by atoms with E-state index in [1.807, 2.05) is 0 Å². The van der Waals surface area contributed by atoms with E-state index in [1.165, 1.54) is 0 Å². The zero-order valence-electron chi connectivity index (χ0n) is 34.8. The fourth-order valence-electron chi connectivity index (χ4n) is 5.16. The van der Waals surface area contributed by atoms with E-state index in [0.717, 1.165) is 0 Å². The largest absolute Gasteiger partial charge is 0.762 e. The van der Waals surface area contributed by atoms with Crippen molar-refractivity contribution in [3.8, 4) is 0 Å². The van der Waals surface area contributed by atoms with Crippen LogP contribution in [0.25, 0.3) is 0 Å². The van der Waals surface area contributed by atoms with Crippen molar-refractivity contribution in [2.45, 2.75) is 168 Å². The molecule has 0 aromatic carbocycles. The third kappa shape index (κ3) is 13.2. The van der Waals surface area contributed by atoms with Gasteiger partial charge in [0.15, 0.2) is 9.54 Å². The van der Waals surface area contributed by atoms with E-state index in [2.05, 4.69) is 75.0 Å². The van der Waals surface area contributed by atoms with Crippen molar-refractivity contribution in [2.24, 2.45) is 0 Å². The molecular formula is C30H16F36N4NiS6-4. The standard InChI is InChI=1S/2C15H10F18N2S3.Ni/c2*16-8(17,10(20,21)12(24,25)14(28,29)30)1-3-34-5(36)6(37)35(7(34)38)4-2-9(18,19)11(22,23)13(26,27)15(31,32)33;/h2*36-37H,1-4H2;/p-4. The van der Waals surface area contributed by atoms with E-state index in [-0.39, 0.29) is 34.8 Å². The predicted octanol–water partition coefficient (Wildman–Crippen LogP) is 15.1. The maximum absolute atomic E-state index is 13.7. The maximum atomic E-state index is 13.7. The Kier molecular flexibility index (Phi) is 21.8. The van der Waals surface area contributed by atoms with Gasteiger partial charge < -0.3 is 68.8 Å². The quantitative estimate of drug-likeness (QED) is 0.0566. The van der Waals surface area contributed by atoms with Gasteiger partial charge in [-0.15, -0.1) is 20.1 Å². The molecule has 0 aliphatic carbocycles.